The quantitative estimate of drug-likeness (QED) is 0.776. The van der Waals surface area contributed by atoms with E-state index in [1.165, 1.54) is 38.0 Å². The fourth-order valence-electron chi connectivity index (χ4n) is 4.18. The van der Waals surface area contributed by atoms with Crippen LogP contribution in [0.15, 0.2) is 24.3 Å². The Morgan fingerprint density at radius 2 is 1.54 bits per heavy atom. The van der Waals surface area contributed by atoms with Crippen molar-refractivity contribution in [1.82, 2.24) is 19.6 Å². The third-order valence-electron chi connectivity index (χ3n) is 5.85. The zero-order valence-electron chi connectivity index (χ0n) is 16.7. The normalized spacial score (nSPS) is 20.7. The number of likely N-dealkylation sites (tertiary alicyclic amines) is 1. The third-order valence-corrected chi connectivity index (χ3v) is 5.85. The summed E-state index contributed by atoms with van der Waals surface area (Å²) in [5, 5.41) is 0. The molecule has 0 aromatic heterocycles. The van der Waals surface area contributed by atoms with Crippen LogP contribution in [0, 0.1) is 6.92 Å². The molecule has 0 saturated carbocycles. The molecule has 1 amide bonds. The molecule has 0 N–H and O–H groups in total. The first kappa shape index (κ1) is 19.3. The monoisotopic (exact) mass is 358 g/mol. The second-order valence-corrected chi connectivity index (χ2v) is 7.94. The number of amides is 1. The zero-order valence-corrected chi connectivity index (χ0v) is 16.7. The van der Waals surface area contributed by atoms with E-state index >= 15 is 0 Å². The van der Waals surface area contributed by atoms with E-state index < -0.39 is 0 Å². The third kappa shape index (κ3) is 4.64. The minimum absolute atomic E-state index is 0.188. The molecule has 26 heavy (non-hydrogen) atoms. The smallest absolute Gasteiger partial charge is 0.244 e. The number of aryl methyl sites for hydroxylation is 1. The maximum absolute atomic E-state index is 13.2. The van der Waals surface area contributed by atoms with Gasteiger partial charge in [0.15, 0.2) is 0 Å². The standard InChI is InChI=1S/C21H34N4O/c1-18-8-4-5-9-19(18)20(22(2)3)21(26)25-16-14-24(15-17-25)13-12-23-10-6-7-11-23/h4-5,8-9,20H,6-7,10-17H2,1-3H3/t20-/m0/s1. The second-order valence-electron chi connectivity index (χ2n) is 7.94. The maximum atomic E-state index is 13.2. The number of carbonyl (C=O) groups excluding carboxylic acids is 1. The topological polar surface area (TPSA) is 30.0 Å². The highest BCUT2D eigenvalue weighted by molar-refractivity contribution is 5.83. The largest absolute Gasteiger partial charge is 0.338 e. The van der Waals surface area contributed by atoms with Crippen LogP contribution in [0.4, 0.5) is 0 Å². The number of carbonyl (C=O) groups is 1. The number of hydrogen-bond donors (Lipinski definition) is 0. The molecule has 5 heteroatoms. The van der Waals surface area contributed by atoms with Gasteiger partial charge in [0.2, 0.25) is 5.91 Å². The average Bonchev–Trinajstić information content (AvgIpc) is 3.15. The predicted octanol–water partition coefficient (Wildman–Crippen LogP) is 1.84. The van der Waals surface area contributed by atoms with E-state index in [1.54, 1.807) is 0 Å². The van der Waals surface area contributed by atoms with Gasteiger partial charge in [-0.15, -0.1) is 0 Å². The lowest BCUT2D eigenvalue weighted by atomic mass is 9.99. The molecule has 2 heterocycles. The molecule has 0 spiro atoms. The van der Waals surface area contributed by atoms with E-state index in [-0.39, 0.29) is 11.9 Å². The molecule has 144 valence electrons. The van der Waals surface area contributed by atoms with Crippen molar-refractivity contribution in [3.8, 4) is 0 Å². The van der Waals surface area contributed by atoms with Gasteiger partial charge in [-0.2, -0.15) is 0 Å². The molecular formula is C21H34N4O. The number of likely N-dealkylation sites (N-methyl/N-ethyl adjacent to an activating group) is 1. The van der Waals surface area contributed by atoms with Gasteiger partial charge in [-0.25, -0.2) is 0 Å². The summed E-state index contributed by atoms with van der Waals surface area (Å²) in [6.45, 7) is 10.6. The predicted molar refractivity (Wildman–Crippen MR) is 106 cm³/mol. The van der Waals surface area contributed by atoms with Crippen LogP contribution in [0.1, 0.15) is 30.0 Å². The lowest BCUT2D eigenvalue weighted by molar-refractivity contribution is -0.138. The minimum atomic E-state index is -0.188. The van der Waals surface area contributed by atoms with Crippen LogP contribution in [-0.4, -0.2) is 92.0 Å². The highest BCUT2D eigenvalue weighted by Crippen LogP contribution is 2.24. The highest BCUT2D eigenvalue weighted by atomic mass is 16.2. The van der Waals surface area contributed by atoms with Crippen molar-refractivity contribution in [2.24, 2.45) is 0 Å². The number of piperazine rings is 1. The number of nitrogens with zero attached hydrogens (tertiary/aromatic N) is 4. The Hall–Kier alpha value is -1.43. The van der Waals surface area contributed by atoms with Crippen LogP contribution in [0.3, 0.4) is 0 Å². The zero-order chi connectivity index (χ0) is 18.5. The lowest BCUT2D eigenvalue weighted by Crippen LogP contribution is -2.52. The van der Waals surface area contributed by atoms with E-state index in [1.807, 2.05) is 31.1 Å². The molecule has 2 fully saturated rings. The first-order chi connectivity index (χ1) is 12.6. The molecule has 2 saturated heterocycles. The van der Waals surface area contributed by atoms with Gasteiger partial charge in [-0.3, -0.25) is 14.6 Å². The highest BCUT2D eigenvalue weighted by Gasteiger charge is 2.30. The van der Waals surface area contributed by atoms with E-state index in [0.717, 1.165) is 38.3 Å². The van der Waals surface area contributed by atoms with Gasteiger partial charge in [0.1, 0.15) is 6.04 Å². The Labute approximate surface area is 158 Å². The van der Waals surface area contributed by atoms with Crippen molar-refractivity contribution in [3.63, 3.8) is 0 Å². The Bertz CT molecular complexity index is 589. The van der Waals surface area contributed by atoms with Gasteiger partial charge in [0, 0.05) is 39.3 Å². The summed E-state index contributed by atoms with van der Waals surface area (Å²) in [4.78, 5) is 22.4. The summed E-state index contributed by atoms with van der Waals surface area (Å²) in [5.41, 5.74) is 2.31. The summed E-state index contributed by atoms with van der Waals surface area (Å²) >= 11 is 0. The summed E-state index contributed by atoms with van der Waals surface area (Å²) in [7, 11) is 4.00. The van der Waals surface area contributed by atoms with Gasteiger partial charge >= 0.3 is 0 Å². The maximum Gasteiger partial charge on any atom is 0.244 e. The molecule has 2 aliphatic heterocycles. The van der Waals surface area contributed by atoms with Crippen molar-refractivity contribution < 1.29 is 4.79 Å². The molecule has 1 atom stereocenters. The van der Waals surface area contributed by atoms with Gasteiger partial charge < -0.3 is 9.80 Å². The van der Waals surface area contributed by atoms with Crippen molar-refractivity contribution in [3.05, 3.63) is 35.4 Å². The van der Waals surface area contributed by atoms with Crippen molar-refractivity contribution >= 4 is 5.91 Å². The molecule has 0 aliphatic carbocycles. The van der Waals surface area contributed by atoms with Gasteiger partial charge in [-0.05, 0) is 58.1 Å². The summed E-state index contributed by atoms with van der Waals surface area (Å²) < 4.78 is 0. The van der Waals surface area contributed by atoms with Crippen LogP contribution >= 0.6 is 0 Å². The van der Waals surface area contributed by atoms with Crippen molar-refractivity contribution in [1.29, 1.82) is 0 Å². The van der Waals surface area contributed by atoms with Gasteiger partial charge in [0.05, 0.1) is 0 Å². The van der Waals surface area contributed by atoms with Crippen LogP contribution in [0.25, 0.3) is 0 Å². The summed E-state index contributed by atoms with van der Waals surface area (Å²) in [6.07, 6.45) is 2.71. The molecular weight excluding hydrogens is 324 g/mol. The lowest BCUT2D eigenvalue weighted by Gasteiger charge is -2.38. The summed E-state index contributed by atoms with van der Waals surface area (Å²) in [5.74, 6) is 0.239. The Balaban J connectivity index is 1.55. The molecule has 1 aromatic rings. The van der Waals surface area contributed by atoms with Crippen LogP contribution < -0.4 is 0 Å². The molecule has 3 rings (SSSR count). The Morgan fingerprint density at radius 1 is 0.962 bits per heavy atom. The molecule has 1 aromatic carbocycles. The van der Waals surface area contributed by atoms with E-state index in [9.17, 15) is 4.79 Å². The first-order valence-electron chi connectivity index (χ1n) is 10.0. The number of rotatable bonds is 6. The average molecular weight is 359 g/mol. The van der Waals surface area contributed by atoms with Crippen molar-refractivity contribution in [2.75, 3.05) is 66.5 Å². The van der Waals surface area contributed by atoms with Gasteiger partial charge in [-0.1, -0.05) is 24.3 Å². The SMILES string of the molecule is Cc1ccccc1[C@@H](C(=O)N1CCN(CCN2CCCC2)CC1)N(C)C. The second kappa shape index (κ2) is 8.98. The summed E-state index contributed by atoms with van der Waals surface area (Å²) in [6, 6.07) is 8.06. The van der Waals surface area contributed by atoms with Gasteiger partial charge in [0.25, 0.3) is 0 Å². The fourth-order valence-corrected chi connectivity index (χ4v) is 4.18. The minimum Gasteiger partial charge on any atom is -0.338 e. The molecule has 0 bridgehead atoms. The molecule has 5 nitrogen and oxygen atoms in total. The molecule has 0 radical (unpaired) electrons. The first-order valence-corrected chi connectivity index (χ1v) is 10.0. The Morgan fingerprint density at radius 3 is 2.12 bits per heavy atom. The Kier molecular flexibility index (Phi) is 6.68. The van der Waals surface area contributed by atoms with E-state index in [4.69, 9.17) is 0 Å². The van der Waals surface area contributed by atoms with Crippen LogP contribution in [0.5, 0.6) is 0 Å². The molecule has 0 unspecified atom stereocenters. The van der Waals surface area contributed by atoms with Crippen molar-refractivity contribution in [2.45, 2.75) is 25.8 Å². The molecule has 2 aliphatic rings. The fraction of sp³-hybridized carbons (Fsp3) is 0.667. The number of benzene rings is 1. The van der Waals surface area contributed by atoms with Crippen LogP contribution in [0.2, 0.25) is 0 Å². The number of hydrogen-bond acceptors (Lipinski definition) is 4. The van der Waals surface area contributed by atoms with E-state index in [0.29, 0.717) is 0 Å². The van der Waals surface area contributed by atoms with E-state index in [2.05, 4.69) is 33.8 Å². The van der Waals surface area contributed by atoms with Crippen LogP contribution in [-0.2, 0) is 4.79 Å².